The van der Waals surface area contributed by atoms with E-state index in [2.05, 4.69) is 35.9 Å². The van der Waals surface area contributed by atoms with Crippen molar-refractivity contribution in [3.05, 3.63) is 0 Å². The Morgan fingerprint density at radius 3 is 2.89 bits per heavy atom. The van der Waals surface area contributed by atoms with E-state index in [-0.39, 0.29) is 0 Å². The third-order valence-corrected chi connectivity index (χ3v) is 4.42. The smallest absolute Gasteiger partial charge is 0.0224 e. The SMILES string of the molecule is CC(C)CNCCCN1CC2CCCN2CC1C. The number of piperazine rings is 1. The molecule has 0 amide bonds. The summed E-state index contributed by atoms with van der Waals surface area (Å²) in [4.78, 5) is 5.42. The predicted molar refractivity (Wildman–Crippen MR) is 78.0 cm³/mol. The summed E-state index contributed by atoms with van der Waals surface area (Å²) >= 11 is 0. The van der Waals surface area contributed by atoms with Gasteiger partial charge in [0.25, 0.3) is 0 Å². The van der Waals surface area contributed by atoms with Crippen molar-refractivity contribution >= 4 is 0 Å². The zero-order valence-corrected chi connectivity index (χ0v) is 12.5. The molecule has 18 heavy (non-hydrogen) atoms. The number of nitrogens with one attached hydrogen (secondary N) is 1. The van der Waals surface area contributed by atoms with E-state index >= 15 is 0 Å². The highest BCUT2D eigenvalue weighted by molar-refractivity contribution is 4.90. The molecular formula is C15H31N3. The molecule has 2 unspecified atom stereocenters. The zero-order valence-electron chi connectivity index (χ0n) is 12.5. The summed E-state index contributed by atoms with van der Waals surface area (Å²) < 4.78 is 0. The Morgan fingerprint density at radius 1 is 1.28 bits per heavy atom. The van der Waals surface area contributed by atoms with Gasteiger partial charge in [0, 0.05) is 25.2 Å². The van der Waals surface area contributed by atoms with Gasteiger partial charge in [0.05, 0.1) is 0 Å². The highest BCUT2D eigenvalue weighted by atomic mass is 15.3. The van der Waals surface area contributed by atoms with E-state index < -0.39 is 0 Å². The average Bonchev–Trinajstić information content (AvgIpc) is 2.75. The van der Waals surface area contributed by atoms with Gasteiger partial charge in [0.2, 0.25) is 0 Å². The van der Waals surface area contributed by atoms with Crippen molar-refractivity contribution in [1.29, 1.82) is 0 Å². The van der Waals surface area contributed by atoms with Crippen LogP contribution in [0.5, 0.6) is 0 Å². The van der Waals surface area contributed by atoms with Crippen molar-refractivity contribution in [3.8, 4) is 0 Å². The van der Waals surface area contributed by atoms with E-state index in [1.54, 1.807) is 0 Å². The highest BCUT2D eigenvalue weighted by Gasteiger charge is 2.33. The van der Waals surface area contributed by atoms with Crippen LogP contribution >= 0.6 is 0 Å². The number of rotatable bonds is 6. The average molecular weight is 253 g/mol. The van der Waals surface area contributed by atoms with Crippen molar-refractivity contribution in [2.45, 2.75) is 52.1 Å². The standard InChI is InChI=1S/C15H31N3/c1-13(2)10-16-7-5-9-17-12-15-6-4-8-18(15)11-14(17)3/h13-16H,4-12H2,1-3H3. The van der Waals surface area contributed by atoms with Crippen molar-refractivity contribution in [2.24, 2.45) is 5.92 Å². The molecule has 1 N–H and O–H groups in total. The lowest BCUT2D eigenvalue weighted by atomic mass is 10.1. The Hall–Kier alpha value is -0.120. The van der Waals surface area contributed by atoms with Crippen LogP contribution in [0.1, 0.15) is 40.0 Å². The summed E-state index contributed by atoms with van der Waals surface area (Å²) in [6, 6.07) is 1.62. The highest BCUT2D eigenvalue weighted by Crippen LogP contribution is 2.24. The van der Waals surface area contributed by atoms with E-state index in [0.717, 1.165) is 24.5 Å². The van der Waals surface area contributed by atoms with E-state index in [9.17, 15) is 0 Å². The minimum absolute atomic E-state index is 0.754. The van der Waals surface area contributed by atoms with Gasteiger partial charge >= 0.3 is 0 Å². The fourth-order valence-electron chi connectivity index (χ4n) is 3.36. The van der Waals surface area contributed by atoms with Crippen LogP contribution in [0.4, 0.5) is 0 Å². The van der Waals surface area contributed by atoms with Gasteiger partial charge in [-0.05, 0) is 58.3 Å². The molecule has 0 aromatic carbocycles. The minimum Gasteiger partial charge on any atom is -0.316 e. The number of hydrogen-bond donors (Lipinski definition) is 1. The van der Waals surface area contributed by atoms with Crippen LogP contribution < -0.4 is 5.32 Å². The molecule has 2 heterocycles. The van der Waals surface area contributed by atoms with Gasteiger partial charge in [-0.25, -0.2) is 0 Å². The first-order valence-corrected chi connectivity index (χ1v) is 7.85. The maximum Gasteiger partial charge on any atom is 0.0224 e. The first-order valence-electron chi connectivity index (χ1n) is 7.85. The molecule has 2 aliphatic heterocycles. The molecule has 2 saturated heterocycles. The van der Waals surface area contributed by atoms with Gasteiger partial charge in [-0.2, -0.15) is 0 Å². The fraction of sp³-hybridized carbons (Fsp3) is 1.00. The Balaban J connectivity index is 1.63. The minimum atomic E-state index is 0.754. The van der Waals surface area contributed by atoms with Crippen molar-refractivity contribution in [2.75, 3.05) is 39.3 Å². The second-order valence-corrected chi connectivity index (χ2v) is 6.59. The molecule has 2 atom stereocenters. The van der Waals surface area contributed by atoms with Gasteiger partial charge in [-0.3, -0.25) is 9.80 Å². The molecule has 2 rings (SSSR count). The predicted octanol–water partition coefficient (Wildman–Crippen LogP) is 1.79. The summed E-state index contributed by atoms with van der Waals surface area (Å²) in [5.74, 6) is 0.769. The van der Waals surface area contributed by atoms with Crippen LogP contribution in [0.15, 0.2) is 0 Å². The van der Waals surface area contributed by atoms with Crippen molar-refractivity contribution in [1.82, 2.24) is 15.1 Å². The summed E-state index contributed by atoms with van der Waals surface area (Å²) in [7, 11) is 0. The molecule has 3 nitrogen and oxygen atoms in total. The molecular weight excluding hydrogens is 222 g/mol. The summed E-state index contributed by atoms with van der Waals surface area (Å²) in [6.45, 7) is 14.5. The van der Waals surface area contributed by atoms with Crippen molar-refractivity contribution in [3.63, 3.8) is 0 Å². The second kappa shape index (κ2) is 6.88. The topological polar surface area (TPSA) is 18.5 Å². The largest absolute Gasteiger partial charge is 0.316 e. The van der Waals surface area contributed by atoms with Gasteiger partial charge in [0.1, 0.15) is 0 Å². The normalized spacial score (nSPS) is 30.0. The van der Waals surface area contributed by atoms with Crippen LogP contribution in [-0.4, -0.2) is 61.2 Å². The van der Waals surface area contributed by atoms with E-state index in [1.807, 2.05) is 0 Å². The van der Waals surface area contributed by atoms with Crippen molar-refractivity contribution < 1.29 is 0 Å². The first kappa shape index (κ1) is 14.3. The van der Waals surface area contributed by atoms with E-state index in [4.69, 9.17) is 0 Å². The molecule has 0 bridgehead atoms. The molecule has 0 saturated carbocycles. The van der Waals surface area contributed by atoms with Gasteiger partial charge in [-0.1, -0.05) is 13.8 Å². The monoisotopic (exact) mass is 253 g/mol. The Kier molecular flexibility index (Phi) is 5.46. The van der Waals surface area contributed by atoms with Gasteiger partial charge in [-0.15, -0.1) is 0 Å². The van der Waals surface area contributed by atoms with E-state index in [0.29, 0.717) is 0 Å². The van der Waals surface area contributed by atoms with Crippen LogP contribution in [0.25, 0.3) is 0 Å². The molecule has 106 valence electrons. The molecule has 3 heteroatoms. The first-order chi connectivity index (χ1) is 8.66. The van der Waals surface area contributed by atoms with Crippen LogP contribution in [0, 0.1) is 5.92 Å². The third kappa shape index (κ3) is 3.94. The molecule has 2 aliphatic rings. The molecule has 2 fully saturated rings. The second-order valence-electron chi connectivity index (χ2n) is 6.59. The maximum absolute atomic E-state index is 3.55. The fourth-order valence-corrected chi connectivity index (χ4v) is 3.36. The maximum atomic E-state index is 3.55. The summed E-state index contributed by atoms with van der Waals surface area (Å²) in [6.07, 6.45) is 4.14. The van der Waals surface area contributed by atoms with Crippen LogP contribution in [-0.2, 0) is 0 Å². The van der Waals surface area contributed by atoms with Gasteiger partial charge < -0.3 is 5.32 Å². The number of fused-ring (bicyclic) bond motifs is 1. The summed E-state index contributed by atoms with van der Waals surface area (Å²) in [5, 5.41) is 3.55. The lowest BCUT2D eigenvalue weighted by Crippen LogP contribution is -2.55. The molecule has 0 aromatic rings. The van der Waals surface area contributed by atoms with Gasteiger partial charge in [0.15, 0.2) is 0 Å². The molecule has 0 radical (unpaired) electrons. The molecule has 0 aromatic heterocycles. The summed E-state index contributed by atoms with van der Waals surface area (Å²) in [5.41, 5.74) is 0. The Morgan fingerprint density at radius 2 is 2.11 bits per heavy atom. The Labute approximate surface area is 113 Å². The quantitative estimate of drug-likeness (QED) is 0.728. The zero-order chi connectivity index (χ0) is 13.0. The lowest BCUT2D eigenvalue weighted by Gasteiger charge is -2.42. The third-order valence-electron chi connectivity index (χ3n) is 4.42. The molecule has 0 spiro atoms. The van der Waals surface area contributed by atoms with E-state index in [1.165, 1.54) is 52.0 Å². The lowest BCUT2D eigenvalue weighted by molar-refractivity contribution is 0.0588. The van der Waals surface area contributed by atoms with Crippen LogP contribution in [0.3, 0.4) is 0 Å². The number of hydrogen-bond acceptors (Lipinski definition) is 3. The Bertz CT molecular complexity index is 242. The van der Waals surface area contributed by atoms with Crippen LogP contribution in [0.2, 0.25) is 0 Å². The number of nitrogens with zero attached hydrogens (tertiary/aromatic N) is 2. The molecule has 0 aliphatic carbocycles.